The summed E-state index contributed by atoms with van der Waals surface area (Å²) >= 11 is 5.72. The van der Waals surface area contributed by atoms with Crippen molar-refractivity contribution in [2.24, 2.45) is 0 Å². The molecule has 2 aliphatic rings. The number of benzene rings is 2. The molecule has 4 amide bonds. The van der Waals surface area contributed by atoms with Crippen LogP contribution in [-0.4, -0.2) is 78.1 Å². The van der Waals surface area contributed by atoms with Crippen LogP contribution in [0.2, 0.25) is 10.8 Å². The predicted molar refractivity (Wildman–Crippen MR) is 133 cm³/mol. The van der Waals surface area contributed by atoms with E-state index in [9.17, 15) is 28.0 Å². The van der Waals surface area contributed by atoms with Crippen LogP contribution < -0.4 is 5.32 Å². The van der Waals surface area contributed by atoms with Gasteiger partial charge in [0.15, 0.2) is 0 Å². The Bertz CT molecular complexity index is 1330. The van der Waals surface area contributed by atoms with Crippen molar-refractivity contribution >= 4 is 74.6 Å². The minimum absolute atomic E-state index is 0.00150. The van der Waals surface area contributed by atoms with Crippen molar-refractivity contribution in [2.45, 2.75) is 35.5 Å². The van der Waals surface area contributed by atoms with Crippen LogP contribution in [0.1, 0.15) is 33.5 Å². The largest absolute Gasteiger partial charge is 0.398 e. The summed E-state index contributed by atoms with van der Waals surface area (Å²) in [6, 6.07) is 8.08. The van der Waals surface area contributed by atoms with Gasteiger partial charge in [0.05, 0.1) is 29.0 Å². The summed E-state index contributed by atoms with van der Waals surface area (Å²) in [5, 5.41) is -0.214. The van der Waals surface area contributed by atoms with Gasteiger partial charge in [0.25, 0.3) is 11.8 Å². The Hall–Kier alpha value is -3.01. The molecule has 1 fully saturated rings. The number of hydrogen-bond donors (Lipinski definition) is 1. The summed E-state index contributed by atoms with van der Waals surface area (Å²) in [6.45, 7) is -0.220. The van der Waals surface area contributed by atoms with E-state index >= 15 is 0 Å². The Balaban J connectivity index is 1.61. The first kappa shape index (κ1) is 27.0. The van der Waals surface area contributed by atoms with Crippen molar-refractivity contribution in [2.75, 3.05) is 0 Å². The second-order valence-electron chi connectivity index (χ2n) is 8.90. The van der Waals surface area contributed by atoms with Gasteiger partial charge < -0.3 is 9.71 Å². The van der Waals surface area contributed by atoms with Crippen LogP contribution in [0.5, 0.6) is 0 Å². The summed E-state index contributed by atoms with van der Waals surface area (Å²) in [5.74, 6) is -9.39. The molecule has 0 spiro atoms. The second kappa shape index (κ2) is 9.08. The van der Waals surface area contributed by atoms with Crippen molar-refractivity contribution in [1.29, 1.82) is 0 Å². The average molecular weight is 511 g/mol. The van der Waals surface area contributed by atoms with Gasteiger partial charge in [-0.05, 0) is 41.1 Å². The highest BCUT2D eigenvalue weighted by molar-refractivity contribution is 6.43. The highest BCUT2D eigenvalue weighted by atomic mass is 35.5. The summed E-state index contributed by atoms with van der Waals surface area (Å²) in [4.78, 5) is 50.9. The molecule has 7 nitrogen and oxygen atoms in total. The van der Waals surface area contributed by atoms with Gasteiger partial charge in [0, 0.05) is 28.5 Å². The number of carbonyl (C=O) groups excluding carboxylic acids is 4. The number of imide groups is 1. The standard InChI is InChI=1S/C22H13B5ClF2N3O4/c23-15-8-20(24,18(36)31-16(15)34)32-9-10-7-12(3-6-14(10)17(32)35)22(25,26)33(27)19(37)21(29,30)11-1-4-13(28)5-2-11/h1-7,15H,8-9H2,(H,31,34,36)/t15?,20-/m1/s1. The Morgan fingerprint density at radius 3 is 2.32 bits per heavy atom. The van der Waals surface area contributed by atoms with E-state index in [1.54, 1.807) is 0 Å². The Morgan fingerprint density at radius 2 is 1.70 bits per heavy atom. The highest BCUT2D eigenvalue weighted by Crippen LogP contribution is 2.38. The maximum atomic E-state index is 14.9. The van der Waals surface area contributed by atoms with Gasteiger partial charge in [-0.2, -0.15) is 8.78 Å². The number of fused-ring (bicyclic) bond motifs is 1. The van der Waals surface area contributed by atoms with Crippen LogP contribution in [0.4, 0.5) is 8.78 Å². The molecule has 0 aliphatic carbocycles. The van der Waals surface area contributed by atoms with Gasteiger partial charge >= 0.3 is 5.92 Å². The van der Waals surface area contributed by atoms with Gasteiger partial charge in [-0.15, -0.1) is 0 Å². The lowest BCUT2D eigenvalue weighted by atomic mass is 9.55. The number of amides is 4. The van der Waals surface area contributed by atoms with E-state index in [1.165, 1.54) is 30.3 Å². The van der Waals surface area contributed by atoms with Crippen LogP contribution >= 0.6 is 11.6 Å². The number of carbonyl (C=O) groups is 4. The maximum absolute atomic E-state index is 14.9. The lowest BCUT2D eigenvalue weighted by Crippen LogP contribution is -2.64. The fourth-order valence-corrected chi connectivity index (χ4v) is 4.33. The third-order valence-electron chi connectivity index (χ3n) is 6.44. The van der Waals surface area contributed by atoms with E-state index in [2.05, 4.69) is 0 Å². The molecule has 2 aliphatic heterocycles. The molecule has 37 heavy (non-hydrogen) atoms. The Kier molecular flexibility index (Phi) is 6.63. The van der Waals surface area contributed by atoms with E-state index in [-0.39, 0.29) is 39.5 Å². The first-order chi connectivity index (χ1) is 17.1. The third-order valence-corrected chi connectivity index (χ3v) is 6.70. The number of rotatable bonds is 5. The summed E-state index contributed by atoms with van der Waals surface area (Å²) in [7, 11) is 29.7. The van der Waals surface area contributed by atoms with Gasteiger partial charge in [-0.1, -0.05) is 35.9 Å². The van der Waals surface area contributed by atoms with Crippen LogP contribution in [0.15, 0.2) is 42.5 Å². The molecule has 15 heteroatoms. The zero-order valence-electron chi connectivity index (χ0n) is 19.1. The van der Waals surface area contributed by atoms with Crippen molar-refractivity contribution in [3.05, 3.63) is 69.7 Å². The van der Waals surface area contributed by atoms with E-state index in [4.69, 9.17) is 51.0 Å². The van der Waals surface area contributed by atoms with Gasteiger partial charge in [0.2, 0.25) is 19.8 Å². The highest BCUT2D eigenvalue weighted by Gasteiger charge is 2.50. The number of nitrogens with zero attached hydrogens (tertiary/aromatic N) is 2. The number of piperidine rings is 1. The van der Waals surface area contributed by atoms with E-state index in [1.807, 2.05) is 5.32 Å². The van der Waals surface area contributed by atoms with Gasteiger partial charge in [0.1, 0.15) is 7.85 Å². The molecule has 176 valence electrons. The number of hydrogen-bond acceptors (Lipinski definition) is 4. The quantitative estimate of drug-likeness (QED) is 0.464. The molecule has 1 N–H and O–H groups in total. The lowest BCUT2D eigenvalue weighted by Gasteiger charge is -2.42. The normalized spacial score (nSPS) is 22.0. The topological polar surface area (TPSA) is 86.8 Å². The van der Waals surface area contributed by atoms with Crippen molar-refractivity contribution in [3.63, 3.8) is 0 Å². The molecule has 0 aromatic heterocycles. The van der Waals surface area contributed by atoms with Crippen LogP contribution in [0, 0.1) is 0 Å². The third kappa shape index (κ3) is 4.39. The molecular formula is C22H13B5ClF2N3O4. The molecule has 2 atom stereocenters. The molecule has 10 radical (unpaired) electrons. The number of alkyl halides is 2. The first-order valence-corrected chi connectivity index (χ1v) is 11.1. The molecule has 0 bridgehead atoms. The fourth-order valence-electron chi connectivity index (χ4n) is 4.20. The van der Waals surface area contributed by atoms with Crippen LogP contribution in [-0.2, 0) is 32.2 Å². The molecular weight excluding hydrogens is 498 g/mol. The summed E-state index contributed by atoms with van der Waals surface area (Å²) < 4.78 is 29.8. The second-order valence-corrected chi connectivity index (χ2v) is 9.33. The minimum atomic E-state index is -4.09. The average Bonchev–Trinajstić information content (AvgIpc) is 3.18. The zero-order valence-corrected chi connectivity index (χ0v) is 19.8. The van der Waals surface area contributed by atoms with Crippen molar-refractivity contribution in [3.8, 4) is 0 Å². The van der Waals surface area contributed by atoms with E-state index in [0.29, 0.717) is 0 Å². The smallest absolute Gasteiger partial charge is 0.348 e. The molecule has 2 aromatic rings. The maximum Gasteiger partial charge on any atom is 0.348 e. The van der Waals surface area contributed by atoms with Crippen LogP contribution in [0.3, 0.4) is 0 Å². The van der Waals surface area contributed by atoms with E-state index < -0.39 is 51.7 Å². The van der Waals surface area contributed by atoms with Crippen molar-refractivity contribution in [1.82, 2.24) is 15.0 Å². The monoisotopic (exact) mass is 511 g/mol. The van der Waals surface area contributed by atoms with Gasteiger partial charge in [-0.3, -0.25) is 24.5 Å². The molecule has 1 unspecified atom stereocenters. The molecule has 2 heterocycles. The predicted octanol–water partition coefficient (Wildman–Crippen LogP) is 0.315. The summed E-state index contributed by atoms with van der Waals surface area (Å²) in [6.07, 6.45) is -0.327. The Morgan fingerprint density at radius 1 is 1.11 bits per heavy atom. The molecule has 2 aromatic carbocycles. The van der Waals surface area contributed by atoms with E-state index in [0.717, 1.165) is 17.0 Å². The zero-order chi connectivity index (χ0) is 27.5. The van der Waals surface area contributed by atoms with Gasteiger partial charge in [-0.25, -0.2) is 0 Å². The molecule has 0 saturated carbocycles. The first-order valence-electron chi connectivity index (χ1n) is 10.8. The Labute approximate surface area is 222 Å². The summed E-state index contributed by atoms with van der Waals surface area (Å²) in [5.41, 5.74) is -2.31. The number of halogens is 3. The minimum Gasteiger partial charge on any atom is -0.398 e. The molecule has 4 rings (SSSR count). The fraction of sp³-hybridized carbons (Fsp3) is 0.273. The SMILES string of the molecule is [B]C1C[C@@]([B])(N2Cc3cc(C([B])([B])N([B])C(=O)C(F)(F)c4ccc(Cl)cc4)ccc3C2=O)C(=O)NC1=O. The lowest BCUT2D eigenvalue weighted by molar-refractivity contribution is -0.155. The number of nitrogens with one attached hydrogen (secondary N) is 1. The van der Waals surface area contributed by atoms with Crippen molar-refractivity contribution < 1.29 is 28.0 Å². The van der Waals surface area contributed by atoms with Crippen LogP contribution in [0.25, 0.3) is 0 Å². The molecule has 1 saturated heterocycles.